The van der Waals surface area contributed by atoms with Gasteiger partial charge in [-0.15, -0.1) is 0 Å². The fourth-order valence-electron chi connectivity index (χ4n) is 2.06. The molecule has 1 fully saturated rings. The molecule has 1 aliphatic rings. The summed E-state index contributed by atoms with van der Waals surface area (Å²) < 4.78 is 7.63. The first kappa shape index (κ1) is 11.4. The molecule has 0 spiro atoms. The van der Waals surface area contributed by atoms with Crippen LogP contribution in [0.15, 0.2) is 18.5 Å². The number of hydrogen-bond donors (Lipinski definition) is 0. The van der Waals surface area contributed by atoms with Crippen molar-refractivity contribution in [2.75, 3.05) is 6.61 Å². The molecule has 0 amide bonds. The summed E-state index contributed by atoms with van der Waals surface area (Å²) in [7, 11) is 0. The molecule has 1 unspecified atom stereocenters. The van der Waals surface area contributed by atoms with Gasteiger partial charge in [-0.3, -0.25) is 4.79 Å². The number of hydrogen-bond acceptors (Lipinski definition) is 2. The molecule has 0 saturated carbocycles. The van der Waals surface area contributed by atoms with E-state index < -0.39 is 0 Å². The zero-order valence-electron chi connectivity index (χ0n) is 9.98. The highest BCUT2D eigenvalue weighted by atomic mass is 16.5. The minimum atomic E-state index is 0.0681. The van der Waals surface area contributed by atoms with Crippen LogP contribution in [0.3, 0.4) is 0 Å². The topological polar surface area (TPSA) is 31.2 Å². The smallest absolute Gasteiger partial charge is 0.166 e. The number of ether oxygens (including phenoxy) is 1. The lowest BCUT2D eigenvalue weighted by Crippen LogP contribution is -2.13. The van der Waals surface area contributed by atoms with Crippen LogP contribution in [0, 0.1) is 5.92 Å². The van der Waals surface area contributed by atoms with Crippen molar-refractivity contribution in [3.63, 3.8) is 0 Å². The Hall–Kier alpha value is -1.09. The van der Waals surface area contributed by atoms with Gasteiger partial charge in [0.25, 0.3) is 0 Å². The summed E-state index contributed by atoms with van der Waals surface area (Å²) in [5.74, 6) is 0.282. The Kier molecular flexibility index (Phi) is 3.44. The van der Waals surface area contributed by atoms with E-state index in [0.717, 1.165) is 31.6 Å². The van der Waals surface area contributed by atoms with Gasteiger partial charge in [-0.05, 0) is 18.9 Å². The van der Waals surface area contributed by atoms with Gasteiger partial charge >= 0.3 is 0 Å². The van der Waals surface area contributed by atoms with Gasteiger partial charge in [-0.2, -0.15) is 0 Å². The van der Waals surface area contributed by atoms with Crippen LogP contribution in [-0.2, 0) is 11.3 Å². The largest absolute Gasteiger partial charge is 0.376 e. The van der Waals surface area contributed by atoms with Gasteiger partial charge in [-0.1, -0.05) is 13.8 Å². The fraction of sp³-hybridized carbons (Fsp3) is 0.615. The predicted octanol–water partition coefficient (Wildman–Crippen LogP) is 2.51. The number of rotatable bonds is 4. The molecule has 0 N–H and O–H groups in total. The second-order valence-electron chi connectivity index (χ2n) is 4.75. The van der Waals surface area contributed by atoms with Crippen LogP contribution >= 0.6 is 0 Å². The molecule has 1 aliphatic heterocycles. The van der Waals surface area contributed by atoms with Crippen LogP contribution in [0.1, 0.15) is 37.0 Å². The van der Waals surface area contributed by atoms with E-state index in [2.05, 4.69) is 4.57 Å². The Morgan fingerprint density at radius 2 is 2.44 bits per heavy atom. The highest BCUT2D eigenvalue weighted by Gasteiger charge is 2.17. The third-order valence-electron chi connectivity index (χ3n) is 3.00. The molecular weight excluding hydrogens is 202 g/mol. The van der Waals surface area contributed by atoms with Crippen molar-refractivity contribution >= 4 is 5.78 Å². The molecule has 0 aliphatic carbocycles. The van der Waals surface area contributed by atoms with E-state index in [4.69, 9.17) is 4.74 Å². The monoisotopic (exact) mass is 221 g/mol. The van der Waals surface area contributed by atoms with E-state index in [1.54, 1.807) is 0 Å². The quantitative estimate of drug-likeness (QED) is 0.731. The summed E-state index contributed by atoms with van der Waals surface area (Å²) in [6.45, 7) is 5.61. The normalized spacial score (nSPS) is 20.6. The molecule has 2 rings (SSSR count). The van der Waals surface area contributed by atoms with Gasteiger partial charge in [0.05, 0.1) is 6.10 Å². The van der Waals surface area contributed by atoms with Gasteiger partial charge < -0.3 is 9.30 Å². The maximum atomic E-state index is 11.8. The van der Waals surface area contributed by atoms with Gasteiger partial charge in [0, 0.05) is 37.0 Å². The van der Waals surface area contributed by atoms with Gasteiger partial charge in [-0.25, -0.2) is 0 Å². The summed E-state index contributed by atoms with van der Waals surface area (Å²) in [4.78, 5) is 11.8. The maximum Gasteiger partial charge on any atom is 0.166 e. The lowest BCUT2D eigenvalue weighted by molar-refractivity contribution is 0.0932. The minimum absolute atomic E-state index is 0.0681. The van der Waals surface area contributed by atoms with Crippen molar-refractivity contribution in [1.82, 2.24) is 4.57 Å². The lowest BCUT2D eigenvalue weighted by Gasteiger charge is -2.09. The van der Waals surface area contributed by atoms with Crippen LogP contribution in [-0.4, -0.2) is 23.1 Å². The van der Waals surface area contributed by atoms with Crippen LogP contribution in [0.5, 0.6) is 0 Å². The van der Waals surface area contributed by atoms with Crippen LogP contribution in [0.2, 0.25) is 0 Å². The number of carbonyl (C=O) groups excluding carboxylic acids is 1. The number of ketones is 1. The standard InChI is InChI=1S/C13H19NO2/c1-10(2)13(15)11-5-6-14(8-11)9-12-4-3-7-16-12/h5-6,8,10,12H,3-4,7,9H2,1-2H3. The predicted molar refractivity (Wildman–Crippen MR) is 62.6 cm³/mol. The van der Waals surface area contributed by atoms with Crippen molar-refractivity contribution in [2.24, 2.45) is 5.92 Å². The molecule has 0 radical (unpaired) electrons. The molecule has 16 heavy (non-hydrogen) atoms. The highest BCUT2D eigenvalue weighted by Crippen LogP contribution is 2.15. The Balaban J connectivity index is 1.99. The summed E-state index contributed by atoms with van der Waals surface area (Å²) in [5, 5.41) is 0. The molecule has 1 aromatic heterocycles. The average molecular weight is 221 g/mol. The van der Waals surface area contributed by atoms with E-state index >= 15 is 0 Å². The molecule has 1 aromatic rings. The summed E-state index contributed by atoms with van der Waals surface area (Å²) >= 11 is 0. The van der Waals surface area contributed by atoms with Gasteiger partial charge in [0.1, 0.15) is 0 Å². The van der Waals surface area contributed by atoms with Crippen LogP contribution < -0.4 is 0 Å². The summed E-state index contributed by atoms with van der Waals surface area (Å²) in [6, 6.07) is 1.90. The van der Waals surface area contributed by atoms with E-state index in [1.807, 2.05) is 32.3 Å². The Morgan fingerprint density at radius 3 is 3.06 bits per heavy atom. The molecule has 1 atom stereocenters. The van der Waals surface area contributed by atoms with Crippen molar-refractivity contribution in [1.29, 1.82) is 0 Å². The van der Waals surface area contributed by atoms with Crippen molar-refractivity contribution in [2.45, 2.75) is 39.3 Å². The molecule has 0 aromatic carbocycles. The number of Topliss-reactive ketones (excluding diaryl/α,β-unsaturated/α-hetero) is 1. The second kappa shape index (κ2) is 4.83. The van der Waals surface area contributed by atoms with E-state index in [9.17, 15) is 4.79 Å². The average Bonchev–Trinajstić information content (AvgIpc) is 2.88. The molecule has 88 valence electrons. The molecule has 2 heterocycles. The molecule has 3 nitrogen and oxygen atoms in total. The number of nitrogens with zero attached hydrogens (tertiary/aromatic N) is 1. The zero-order chi connectivity index (χ0) is 11.5. The van der Waals surface area contributed by atoms with Crippen LogP contribution in [0.25, 0.3) is 0 Å². The fourth-order valence-corrected chi connectivity index (χ4v) is 2.06. The van der Waals surface area contributed by atoms with E-state index in [0.29, 0.717) is 6.10 Å². The van der Waals surface area contributed by atoms with Crippen molar-refractivity contribution in [3.05, 3.63) is 24.0 Å². The van der Waals surface area contributed by atoms with Crippen molar-refractivity contribution in [3.8, 4) is 0 Å². The SMILES string of the molecule is CC(C)C(=O)c1ccn(CC2CCCO2)c1. The van der Waals surface area contributed by atoms with E-state index in [1.165, 1.54) is 0 Å². The molecular formula is C13H19NO2. The van der Waals surface area contributed by atoms with Crippen molar-refractivity contribution < 1.29 is 9.53 Å². The Labute approximate surface area is 96.4 Å². The van der Waals surface area contributed by atoms with Gasteiger partial charge in [0.2, 0.25) is 0 Å². The lowest BCUT2D eigenvalue weighted by atomic mass is 10.0. The molecule has 3 heteroatoms. The third-order valence-corrected chi connectivity index (χ3v) is 3.00. The number of aromatic nitrogens is 1. The Bertz CT molecular complexity index is 362. The summed E-state index contributed by atoms with van der Waals surface area (Å²) in [5.41, 5.74) is 0.813. The first-order valence-corrected chi connectivity index (χ1v) is 5.98. The maximum absolute atomic E-state index is 11.8. The van der Waals surface area contributed by atoms with Gasteiger partial charge in [0.15, 0.2) is 5.78 Å². The minimum Gasteiger partial charge on any atom is -0.376 e. The molecule has 1 saturated heterocycles. The highest BCUT2D eigenvalue weighted by molar-refractivity contribution is 5.97. The van der Waals surface area contributed by atoms with E-state index in [-0.39, 0.29) is 11.7 Å². The first-order valence-electron chi connectivity index (χ1n) is 5.98. The first-order chi connectivity index (χ1) is 7.66. The third kappa shape index (κ3) is 2.53. The molecule has 0 bridgehead atoms. The van der Waals surface area contributed by atoms with Crippen LogP contribution in [0.4, 0.5) is 0 Å². The zero-order valence-corrected chi connectivity index (χ0v) is 9.98. The Morgan fingerprint density at radius 1 is 1.62 bits per heavy atom. The second-order valence-corrected chi connectivity index (χ2v) is 4.75. The summed E-state index contributed by atoms with van der Waals surface area (Å²) in [6.07, 6.45) is 6.52. The number of carbonyl (C=O) groups is 1.